The molecule has 0 spiro atoms. The first-order valence-electron chi connectivity index (χ1n) is 5.55. The van der Waals surface area contributed by atoms with E-state index >= 15 is 0 Å². The number of nitrogens with one attached hydrogen (secondary N) is 1. The van der Waals surface area contributed by atoms with Gasteiger partial charge in [-0.05, 0) is 40.2 Å². The Balaban J connectivity index is 2.69. The third-order valence-corrected chi connectivity index (χ3v) is 4.10. The largest absolute Gasteiger partial charge is 0.242 e. The van der Waals surface area contributed by atoms with Gasteiger partial charge in [-0.3, -0.25) is 0 Å². The first-order valence-corrected chi connectivity index (χ1v) is 6.70. The summed E-state index contributed by atoms with van der Waals surface area (Å²) >= 11 is 0. The highest BCUT2D eigenvalue weighted by atomic mass is 32.2. The monoisotopic (exact) mass is 239 g/mol. The molecule has 0 aliphatic rings. The summed E-state index contributed by atoms with van der Waals surface area (Å²) in [6, 6.07) is 8.42. The van der Waals surface area contributed by atoms with Gasteiger partial charge in [0, 0.05) is 6.04 Å². The van der Waals surface area contributed by atoms with E-state index in [2.05, 4.69) is 35.9 Å². The van der Waals surface area contributed by atoms with Crippen molar-refractivity contribution in [1.29, 1.82) is 0 Å². The maximum atomic E-state index is 11.9. The summed E-state index contributed by atoms with van der Waals surface area (Å²) in [5, 5.41) is 0. The fourth-order valence-corrected chi connectivity index (χ4v) is 2.07. The van der Waals surface area contributed by atoms with E-state index in [0.29, 0.717) is 0 Å². The van der Waals surface area contributed by atoms with E-state index in [0.717, 1.165) is 0 Å². The third kappa shape index (κ3) is 3.72. The molecule has 1 rings (SSSR count). The molecule has 16 heavy (non-hydrogen) atoms. The molecule has 0 aliphatic heterocycles. The number of rotatable bonds is 3. The molecule has 0 aliphatic carbocycles. The van der Waals surface area contributed by atoms with E-state index in [9.17, 15) is 4.21 Å². The molecule has 90 valence electrons. The average molecular weight is 239 g/mol. The van der Waals surface area contributed by atoms with E-state index in [1.54, 1.807) is 0 Å². The molecule has 0 amide bonds. The topological polar surface area (TPSA) is 29.1 Å². The van der Waals surface area contributed by atoms with E-state index in [1.807, 2.05) is 27.7 Å². The summed E-state index contributed by atoms with van der Waals surface area (Å²) in [4.78, 5) is 0. The lowest BCUT2D eigenvalue weighted by Crippen LogP contribution is -2.34. The second-order valence-corrected chi connectivity index (χ2v) is 7.13. The van der Waals surface area contributed by atoms with Gasteiger partial charge in [0.2, 0.25) is 0 Å². The minimum atomic E-state index is -1.02. The zero-order chi connectivity index (χ0) is 12.3. The van der Waals surface area contributed by atoms with E-state index in [1.165, 1.54) is 11.1 Å². The molecule has 1 N–H and O–H groups in total. The SMILES string of the molecule is Cc1ccc([C@H](C)N[S@@](=O)C(C)(C)C)cc1. The smallest absolute Gasteiger partial charge is 0.0975 e. The lowest BCUT2D eigenvalue weighted by atomic mass is 10.1. The molecular weight excluding hydrogens is 218 g/mol. The van der Waals surface area contributed by atoms with Crippen LogP contribution < -0.4 is 4.72 Å². The summed E-state index contributed by atoms with van der Waals surface area (Å²) in [6.45, 7) is 10.0. The van der Waals surface area contributed by atoms with Crippen LogP contribution in [-0.2, 0) is 11.0 Å². The maximum Gasteiger partial charge on any atom is 0.0975 e. The van der Waals surface area contributed by atoms with Gasteiger partial charge in [-0.25, -0.2) is 8.93 Å². The second-order valence-electron chi connectivity index (χ2n) is 5.13. The molecule has 1 aromatic rings. The zero-order valence-electron chi connectivity index (χ0n) is 10.7. The van der Waals surface area contributed by atoms with Crippen LogP contribution in [0.3, 0.4) is 0 Å². The number of hydrogen-bond acceptors (Lipinski definition) is 1. The van der Waals surface area contributed by atoms with Crippen molar-refractivity contribution in [2.75, 3.05) is 0 Å². The number of hydrogen-bond donors (Lipinski definition) is 1. The van der Waals surface area contributed by atoms with Crippen LogP contribution in [-0.4, -0.2) is 8.96 Å². The van der Waals surface area contributed by atoms with Crippen LogP contribution in [0, 0.1) is 6.92 Å². The quantitative estimate of drug-likeness (QED) is 0.862. The molecule has 0 aromatic heterocycles. The summed E-state index contributed by atoms with van der Waals surface area (Å²) < 4.78 is 14.8. The number of aryl methyl sites for hydroxylation is 1. The van der Waals surface area contributed by atoms with Gasteiger partial charge in [0.15, 0.2) is 0 Å². The van der Waals surface area contributed by atoms with Gasteiger partial charge in [0.05, 0.1) is 15.7 Å². The highest BCUT2D eigenvalue weighted by molar-refractivity contribution is 7.84. The molecule has 0 heterocycles. The lowest BCUT2D eigenvalue weighted by molar-refractivity contribution is 0.616. The third-order valence-electron chi connectivity index (χ3n) is 2.42. The van der Waals surface area contributed by atoms with E-state index in [-0.39, 0.29) is 10.8 Å². The summed E-state index contributed by atoms with van der Waals surface area (Å²) in [5.41, 5.74) is 2.41. The van der Waals surface area contributed by atoms with Gasteiger partial charge in [-0.2, -0.15) is 0 Å². The molecule has 0 radical (unpaired) electrons. The molecule has 3 heteroatoms. The van der Waals surface area contributed by atoms with Gasteiger partial charge >= 0.3 is 0 Å². The minimum absolute atomic E-state index is 0.112. The van der Waals surface area contributed by atoms with Crippen molar-refractivity contribution in [3.8, 4) is 0 Å². The Morgan fingerprint density at radius 3 is 2.12 bits per heavy atom. The Morgan fingerprint density at radius 2 is 1.69 bits per heavy atom. The first-order chi connectivity index (χ1) is 7.30. The van der Waals surface area contributed by atoms with Crippen molar-refractivity contribution in [2.24, 2.45) is 0 Å². The van der Waals surface area contributed by atoms with E-state index < -0.39 is 11.0 Å². The molecule has 0 bridgehead atoms. The van der Waals surface area contributed by atoms with Crippen molar-refractivity contribution < 1.29 is 4.21 Å². The molecule has 0 saturated carbocycles. The Labute approximate surface area is 101 Å². The summed E-state index contributed by atoms with van der Waals surface area (Å²) in [6.07, 6.45) is 0. The Hall–Kier alpha value is -0.670. The van der Waals surface area contributed by atoms with Gasteiger partial charge in [0.1, 0.15) is 0 Å². The van der Waals surface area contributed by atoms with Crippen LogP contribution in [0.4, 0.5) is 0 Å². The molecule has 0 fully saturated rings. The Bertz CT molecular complexity index is 365. The predicted octanol–water partition coefficient (Wildman–Crippen LogP) is 3.11. The Morgan fingerprint density at radius 1 is 1.19 bits per heavy atom. The van der Waals surface area contributed by atoms with Crippen molar-refractivity contribution in [2.45, 2.75) is 45.4 Å². The molecule has 2 nitrogen and oxygen atoms in total. The highest BCUT2D eigenvalue weighted by Gasteiger charge is 2.21. The van der Waals surface area contributed by atoms with Gasteiger partial charge in [-0.1, -0.05) is 29.8 Å². The fraction of sp³-hybridized carbons (Fsp3) is 0.538. The predicted molar refractivity (Wildman–Crippen MR) is 70.6 cm³/mol. The summed E-state index contributed by atoms with van der Waals surface area (Å²) in [7, 11) is -1.02. The van der Waals surface area contributed by atoms with Crippen molar-refractivity contribution in [3.63, 3.8) is 0 Å². The highest BCUT2D eigenvalue weighted by Crippen LogP contribution is 2.17. The lowest BCUT2D eigenvalue weighted by Gasteiger charge is -2.22. The fourth-order valence-electron chi connectivity index (χ4n) is 1.26. The zero-order valence-corrected chi connectivity index (χ0v) is 11.5. The van der Waals surface area contributed by atoms with Crippen LogP contribution in [0.15, 0.2) is 24.3 Å². The van der Waals surface area contributed by atoms with Crippen LogP contribution in [0.1, 0.15) is 44.9 Å². The van der Waals surface area contributed by atoms with Crippen LogP contribution >= 0.6 is 0 Å². The van der Waals surface area contributed by atoms with Gasteiger partial charge < -0.3 is 0 Å². The van der Waals surface area contributed by atoms with Crippen molar-refractivity contribution in [3.05, 3.63) is 35.4 Å². The first kappa shape index (κ1) is 13.4. The molecule has 0 unspecified atom stereocenters. The van der Waals surface area contributed by atoms with Crippen molar-refractivity contribution >= 4 is 11.0 Å². The summed E-state index contributed by atoms with van der Waals surface area (Å²) in [5.74, 6) is 0. The average Bonchev–Trinajstić information content (AvgIpc) is 2.17. The van der Waals surface area contributed by atoms with E-state index in [4.69, 9.17) is 0 Å². The van der Waals surface area contributed by atoms with Crippen LogP contribution in [0.5, 0.6) is 0 Å². The molecule has 0 saturated heterocycles. The van der Waals surface area contributed by atoms with Gasteiger partial charge in [0.25, 0.3) is 0 Å². The normalized spacial score (nSPS) is 15.8. The van der Waals surface area contributed by atoms with Crippen molar-refractivity contribution in [1.82, 2.24) is 4.72 Å². The number of benzene rings is 1. The molecule has 1 aromatic carbocycles. The minimum Gasteiger partial charge on any atom is -0.242 e. The van der Waals surface area contributed by atoms with Gasteiger partial charge in [-0.15, -0.1) is 0 Å². The molecule has 2 atom stereocenters. The second kappa shape index (κ2) is 5.11. The Kier molecular flexibility index (Phi) is 4.28. The maximum absolute atomic E-state index is 11.9. The standard InChI is InChI=1S/C13H21NOS/c1-10-6-8-12(9-7-10)11(2)14-16(15)13(3,4)5/h6-9,11,14H,1-5H3/t11-,16-/m0/s1. The molecular formula is C13H21NOS. The van der Waals surface area contributed by atoms with Crippen LogP contribution in [0.2, 0.25) is 0 Å². The van der Waals surface area contributed by atoms with Crippen LogP contribution in [0.25, 0.3) is 0 Å².